The lowest BCUT2D eigenvalue weighted by Gasteiger charge is -2.40. The van der Waals surface area contributed by atoms with E-state index in [-0.39, 0.29) is 49.7 Å². The summed E-state index contributed by atoms with van der Waals surface area (Å²) in [6, 6.07) is 0. The summed E-state index contributed by atoms with van der Waals surface area (Å²) in [5.41, 5.74) is 4.86. The van der Waals surface area contributed by atoms with E-state index in [9.17, 15) is 23.5 Å². The first kappa shape index (κ1) is 35.2. The molecular formula is C25H40N11O9P2+. The second-order valence-corrected chi connectivity index (χ2v) is 15.8. The van der Waals surface area contributed by atoms with Crippen LogP contribution in [0.3, 0.4) is 0 Å². The largest absolute Gasteiger partial charge is 0.615 e. The minimum atomic E-state index is -3.53. The third kappa shape index (κ3) is 8.11. The Morgan fingerprint density at radius 1 is 1.04 bits per heavy atom. The van der Waals surface area contributed by atoms with Gasteiger partial charge in [0.25, 0.3) is 18.6 Å². The number of aryl methyl sites for hydroxylation is 1. The van der Waals surface area contributed by atoms with Gasteiger partial charge in [0.1, 0.15) is 18.9 Å². The van der Waals surface area contributed by atoms with E-state index in [4.69, 9.17) is 24.3 Å². The predicted octanol–water partition coefficient (Wildman–Crippen LogP) is -0.789. The van der Waals surface area contributed by atoms with Crippen LogP contribution in [0.5, 0.6) is 0 Å². The number of hydrogen-bond acceptors (Lipinski definition) is 14. The number of nitrogen functional groups attached to an aromatic ring is 1. The molecule has 258 valence electrons. The van der Waals surface area contributed by atoms with E-state index >= 15 is 0 Å². The van der Waals surface area contributed by atoms with Crippen LogP contribution in [0, 0.1) is 6.92 Å². The summed E-state index contributed by atoms with van der Waals surface area (Å²) in [6.07, 6.45) is 0.179. The molecule has 5 heterocycles. The Labute approximate surface area is 269 Å². The number of H-pyrrole nitrogens is 2. The van der Waals surface area contributed by atoms with Gasteiger partial charge in [0.15, 0.2) is 17.4 Å². The van der Waals surface area contributed by atoms with Crippen molar-refractivity contribution >= 4 is 32.8 Å². The van der Waals surface area contributed by atoms with Crippen LogP contribution >= 0.6 is 15.7 Å². The highest BCUT2D eigenvalue weighted by Gasteiger charge is 2.39. The molecule has 0 spiro atoms. The molecule has 20 nitrogen and oxygen atoms in total. The fraction of sp³-hybridized carbons (Fsp3) is 0.640. The van der Waals surface area contributed by atoms with Crippen LogP contribution in [-0.2, 0) is 27.7 Å². The Balaban J connectivity index is 1.33. The van der Waals surface area contributed by atoms with E-state index in [1.807, 2.05) is 4.90 Å². The van der Waals surface area contributed by atoms with Crippen LogP contribution in [0.1, 0.15) is 18.0 Å². The zero-order chi connectivity index (χ0) is 34.0. The van der Waals surface area contributed by atoms with Gasteiger partial charge in [0.05, 0.1) is 25.3 Å². The lowest BCUT2D eigenvalue weighted by atomic mass is 10.3. The van der Waals surface area contributed by atoms with Gasteiger partial charge in [-0.3, -0.25) is 38.2 Å². The summed E-state index contributed by atoms with van der Waals surface area (Å²) in [6.45, 7) is 2.66. The predicted molar refractivity (Wildman–Crippen MR) is 170 cm³/mol. The lowest BCUT2D eigenvalue weighted by molar-refractivity contribution is -0.127. The molecule has 0 aromatic carbocycles. The fourth-order valence-electron chi connectivity index (χ4n) is 5.15. The van der Waals surface area contributed by atoms with Crippen LogP contribution in [0.2, 0.25) is 0 Å². The molecule has 0 radical (unpaired) electrons. The third-order valence-corrected chi connectivity index (χ3v) is 11.2. The first-order valence-electron chi connectivity index (χ1n) is 14.7. The Morgan fingerprint density at radius 2 is 1.79 bits per heavy atom. The highest BCUT2D eigenvalue weighted by atomic mass is 31.2. The van der Waals surface area contributed by atoms with Crippen LogP contribution < -0.4 is 27.9 Å². The average molecular weight is 701 g/mol. The number of hydrogen-bond donors (Lipinski definition) is 4. The summed E-state index contributed by atoms with van der Waals surface area (Å²) >= 11 is 0. The van der Waals surface area contributed by atoms with E-state index in [0.29, 0.717) is 18.7 Å². The Morgan fingerprint density at radius 3 is 2.51 bits per heavy atom. The highest BCUT2D eigenvalue weighted by molar-refractivity contribution is 7.56. The van der Waals surface area contributed by atoms with E-state index in [1.165, 1.54) is 26.4 Å². The molecule has 0 amide bonds. The second-order valence-electron chi connectivity index (χ2n) is 11.7. The molecule has 0 saturated carbocycles. The molecule has 2 fully saturated rings. The first-order valence-corrected chi connectivity index (χ1v) is 17.6. The molecule has 2 aliphatic heterocycles. The summed E-state index contributed by atoms with van der Waals surface area (Å²) in [5, 5.41) is 3.20. The SMILES string of the molecule is Cc1cn([C@H]2CNC[C@@H](COP(=O)(CN3C[C@@H](CO[P+](=O)N(C)C)O[C@@H](n4cnc5c(=O)[nH]c(N)nc54)C3)N(C)C)O2)c(=O)[nH]c1=O. The lowest BCUT2D eigenvalue weighted by Crippen LogP contribution is -2.49. The summed E-state index contributed by atoms with van der Waals surface area (Å²) < 4.78 is 56.5. The van der Waals surface area contributed by atoms with Crippen molar-refractivity contribution in [3.63, 3.8) is 0 Å². The number of fused-ring (bicyclic) bond motifs is 1. The molecular weight excluding hydrogens is 660 g/mol. The third-order valence-electron chi connectivity index (χ3n) is 7.63. The number of ether oxygens (including phenoxy) is 2. The van der Waals surface area contributed by atoms with Crippen LogP contribution in [0.4, 0.5) is 5.95 Å². The standard InChI is InChI=1S/C25H39N11O9P2/c1-15-8-35(25(39)31-22(15)37)18-7-27-6-16(44-18)12-43-47(41,33(4)5)14-34-9-17(11-42-46(40)32(2)3)45-19(10-34)36-13-28-20-21(36)29-24(26)30-23(20)38/h8,13,16-19,27H,6-7,9-12,14H2,1-5H3,(H3-,26,29,30,31,37,38,39)/p+1/t16-,17-,18+,19+,47?/m0/s1. The number of aromatic nitrogens is 6. The smallest absolute Gasteiger partial charge is 0.369 e. The molecule has 6 atom stereocenters. The summed E-state index contributed by atoms with van der Waals surface area (Å²) in [7, 11) is 0.905. The molecule has 22 heteroatoms. The van der Waals surface area contributed by atoms with Crippen molar-refractivity contribution in [3.8, 4) is 0 Å². The molecule has 2 aliphatic rings. The topological polar surface area (TPSA) is 237 Å². The Bertz CT molecular complexity index is 1820. The Hall–Kier alpha value is -3.16. The maximum absolute atomic E-state index is 14.3. The first-order chi connectivity index (χ1) is 22.2. The number of imidazole rings is 1. The van der Waals surface area contributed by atoms with Gasteiger partial charge in [-0.25, -0.2) is 14.4 Å². The number of aromatic amines is 2. The Kier molecular flexibility index (Phi) is 10.9. The number of nitrogens with two attached hydrogens (primary N) is 1. The maximum atomic E-state index is 14.3. The normalized spacial score (nSPS) is 24.2. The molecule has 2 unspecified atom stereocenters. The molecule has 5 N–H and O–H groups in total. The minimum absolute atomic E-state index is 0.0267. The van der Waals surface area contributed by atoms with Crippen molar-refractivity contribution in [1.82, 2.24) is 48.6 Å². The quantitative estimate of drug-likeness (QED) is 0.169. The van der Waals surface area contributed by atoms with E-state index in [0.717, 1.165) is 0 Å². The molecule has 47 heavy (non-hydrogen) atoms. The van der Waals surface area contributed by atoms with E-state index < -0.39 is 57.2 Å². The van der Waals surface area contributed by atoms with Gasteiger partial charge in [-0.05, 0) is 25.6 Å². The number of rotatable bonds is 12. The molecule has 0 bridgehead atoms. The molecule has 3 aromatic heterocycles. The second kappa shape index (κ2) is 14.5. The highest BCUT2D eigenvalue weighted by Crippen LogP contribution is 2.50. The fourth-order valence-corrected chi connectivity index (χ4v) is 7.38. The minimum Gasteiger partial charge on any atom is -0.369 e. The van der Waals surface area contributed by atoms with Crippen molar-refractivity contribution in [2.75, 3.05) is 79.6 Å². The zero-order valence-corrected chi connectivity index (χ0v) is 28.5. The molecule has 0 aliphatic carbocycles. The van der Waals surface area contributed by atoms with Gasteiger partial charge in [-0.1, -0.05) is 4.67 Å². The number of nitrogens with zero attached hydrogens (tertiary/aromatic N) is 7. The van der Waals surface area contributed by atoms with Crippen LogP contribution in [-0.4, -0.2) is 129 Å². The van der Waals surface area contributed by atoms with Gasteiger partial charge < -0.3 is 25.0 Å². The van der Waals surface area contributed by atoms with Gasteiger partial charge in [0, 0.05) is 52.0 Å². The van der Waals surface area contributed by atoms with E-state index in [1.54, 1.807) is 39.7 Å². The van der Waals surface area contributed by atoms with Gasteiger partial charge in [-0.2, -0.15) is 4.98 Å². The molecule has 5 rings (SSSR count). The van der Waals surface area contributed by atoms with Crippen LogP contribution in [0.15, 0.2) is 26.9 Å². The molecule has 2 saturated heterocycles. The van der Waals surface area contributed by atoms with Gasteiger partial charge in [-0.15, -0.1) is 4.52 Å². The van der Waals surface area contributed by atoms with Crippen molar-refractivity contribution in [2.45, 2.75) is 31.6 Å². The molecule has 3 aromatic rings. The monoisotopic (exact) mass is 700 g/mol. The maximum Gasteiger partial charge on any atom is 0.615 e. The van der Waals surface area contributed by atoms with Crippen molar-refractivity contribution in [1.29, 1.82) is 0 Å². The van der Waals surface area contributed by atoms with Crippen LogP contribution in [0.25, 0.3) is 11.2 Å². The number of anilines is 1. The van der Waals surface area contributed by atoms with E-state index in [2.05, 4.69) is 25.3 Å². The summed E-state index contributed by atoms with van der Waals surface area (Å²) in [5.74, 6) is -0.0903. The zero-order valence-electron chi connectivity index (χ0n) is 26.7. The van der Waals surface area contributed by atoms with Gasteiger partial charge in [0.2, 0.25) is 5.95 Å². The number of nitrogens with one attached hydrogen (secondary N) is 3. The average Bonchev–Trinajstić information content (AvgIpc) is 3.45. The van der Waals surface area contributed by atoms with Crippen molar-refractivity contribution in [3.05, 3.63) is 49.3 Å². The summed E-state index contributed by atoms with van der Waals surface area (Å²) in [4.78, 5) is 51.6. The van der Waals surface area contributed by atoms with Crippen molar-refractivity contribution < 1.29 is 27.7 Å². The number of morpholine rings is 2. The van der Waals surface area contributed by atoms with Crippen molar-refractivity contribution in [2.24, 2.45) is 0 Å². The van der Waals surface area contributed by atoms with Gasteiger partial charge >= 0.3 is 13.9 Å².